The van der Waals surface area contributed by atoms with E-state index in [4.69, 9.17) is 4.74 Å². The van der Waals surface area contributed by atoms with Crippen LogP contribution in [0.2, 0.25) is 0 Å². The van der Waals surface area contributed by atoms with Crippen molar-refractivity contribution in [3.8, 4) is 0 Å². The normalized spacial score (nSPS) is 13.5. The van der Waals surface area contributed by atoms with Gasteiger partial charge in [0.2, 0.25) is 0 Å². The summed E-state index contributed by atoms with van der Waals surface area (Å²) in [6, 6.07) is 3.27. The Bertz CT molecular complexity index is 484. The van der Waals surface area contributed by atoms with Gasteiger partial charge in [-0.15, -0.1) is 0 Å². The maximum Gasteiger partial charge on any atom is 0.161 e. The fourth-order valence-electron chi connectivity index (χ4n) is 2.25. The van der Waals surface area contributed by atoms with Crippen molar-refractivity contribution in [3.63, 3.8) is 0 Å². The van der Waals surface area contributed by atoms with Gasteiger partial charge < -0.3 is 4.74 Å². The van der Waals surface area contributed by atoms with Crippen LogP contribution >= 0.6 is 0 Å². The van der Waals surface area contributed by atoms with Gasteiger partial charge in [-0.25, -0.2) is 8.78 Å². The highest BCUT2D eigenvalue weighted by Gasteiger charge is 2.26. The molecular weight excluding hydrogens is 286 g/mol. The minimum Gasteiger partial charge on any atom is -0.366 e. The zero-order valence-electron chi connectivity index (χ0n) is 14.1. The first kappa shape index (κ1) is 18.8. The van der Waals surface area contributed by atoms with Crippen molar-refractivity contribution in [2.24, 2.45) is 11.3 Å². The van der Waals surface area contributed by atoms with E-state index < -0.39 is 17.7 Å². The minimum absolute atomic E-state index is 0.0270. The van der Waals surface area contributed by atoms with E-state index in [-0.39, 0.29) is 23.7 Å². The monoisotopic (exact) mass is 312 g/mol. The van der Waals surface area contributed by atoms with Gasteiger partial charge in [0, 0.05) is 12.5 Å². The third-order valence-corrected chi connectivity index (χ3v) is 3.14. The molecule has 1 rings (SSSR count). The number of ether oxygens (including phenoxy) is 1. The number of hydrogen-bond donors (Lipinski definition) is 0. The van der Waals surface area contributed by atoms with E-state index in [1.54, 1.807) is 0 Å². The number of hydrogen-bond acceptors (Lipinski definition) is 2. The highest BCUT2D eigenvalue weighted by Crippen LogP contribution is 2.25. The number of Topliss-reactive ketones (excluding diaryl/α,β-unsaturated/α-hetero) is 1. The molecule has 22 heavy (non-hydrogen) atoms. The fourth-order valence-corrected chi connectivity index (χ4v) is 2.25. The van der Waals surface area contributed by atoms with Crippen LogP contribution < -0.4 is 0 Å². The van der Waals surface area contributed by atoms with Crippen molar-refractivity contribution in [2.45, 2.75) is 60.2 Å². The zero-order valence-corrected chi connectivity index (χ0v) is 14.1. The zero-order chi connectivity index (χ0) is 16.9. The standard InChI is InChI=1S/C18H26F2O2/c1-12(2)6-16(21)17(10-18(3,4)5)22-11-13-7-14(19)9-15(20)8-13/h7-9,12,17H,6,10-11H2,1-5H3. The summed E-state index contributed by atoms with van der Waals surface area (Å²) in [6.07, 6.45) is 0.475. The van der Waals surface area contributed by atoms with E-state index in [9.17, 15) is 13.6 Å². The Kier molecular flexibility index (Phi) is 6.66. The molecule has 0 aliphatic carbocycles. The Hall–Kier alpha value is -1.29. The van der Waals surface area contributed by atoms with Crippen molar-refractivity contribution in [3.05, 3.63) is 35.4 Å². The van der Waals surface area contributed by atoms with Crippen LogP contribution in [-0.4, -0.2) is 11.9 Å². The smallest absolute Gasteiger partial charge is 0.161 e. The summed E-state index contributed by atoms with van der Waals surface area (Å²) in [5, 5.41) is 0. The lowest BCUT2D eigenvalue weighted by atomic mass is 9.86. The minimum atomic E-state index is -0.639. The largest absolute Gasteiger partial charge is 0.366 e. The molecule has 0 spiro atoms. The Labute approximate surface area is 131 Å². The van der Waals surface area contributed by atoms with Gasteiger partial charge in [-0.05, 0) is 35.4 Å². The number of carbonyl (C=O) groups excluding carboxylic acids is 1. The second-order valence-corrected chi connectivity index (χ2v) is 7.41. The molecule has 0 heterocycles. The topological polar surface area (TPSA) is 26.3 Å². The maximum atomic E-state index is 13.2. The molecule has 124 valence electrons. The Morgan fingerprint density at radius 3 is 2.14 bits per heavy atom. The highest BCUT2D eigenvalue weighted by atomic mass is 19.1. The van der Waals surface area contributed by atoms with Crippen molar-refractivity contribution in [1.82, 2.24) is 0 Å². The first-order valence-electron chi connectivity index (χ1n) is 7.66. The van der Waals surface area contributed by atoms with Crippen LogP contribution in [-0.2, 0) is 16.1 Å². The lowest BCUT2D eigenvalue weighted by Crippen LogP contribution is -2.30. The Morgan fingerprint density at radius 1 is 1.14 bits per heavy atom. The molecule has 1 unspecified atom stereocenters. The van der Waals surface area contributed by atoms with Crippen molar-refractivity contribution in [2.75, 3.05) is 0 Å². The predicted octanol–water partition coefficient (Wildman–Crippen LogP) is 4.90. The maximum absolute atomic E-state index is 13.2. The van der Waals surface area contributed by atoms with E-state index in [1.807, 2.05) is 34.6 Å². The molecule has 4 heteroatoms. The summed E-state index contributed by atoms with van der Waals surface area (Å²) >= 11 is 0. The van der Waals surface area contributed by atoms with Crippen LogP contribution in [0.3, 0.4) is 0 Å². The van der Waals surface area contributed by atoms with Crippen LogP contribution in [0.1, 0.15) is 53.0 Å². The average Bonchev–Trinajstić information content (AvgIpc) is 2.30. The Morgan fingerprint density at radius 2 is 1.68 bits per heavy atom. The molecule has 0 aliphatic heterocycles. The molecule has 0 saturated carbocycles. The van der Waals surface area contributed by atoms with Gasteiger partial charge in [0.25, 0.3) is 0 Å². The summed E-state index contributed by atoms with van der Waals surface area (Å²) in [5.74, 6) is -0.981. The first-order valence-corrected chi connectivity index (χ1v) is 7.66. The summed E-state index contributed by atoms with van der Waals surface area (Å²) < 4.78 is 32.1. The first-order chi connectivity index (χ1) is 10.1. The van der Waals surface area contributed by atoms with Gasteiger partial charge in [0.1, 0.15) is 17.7 Å². The van der Waals surface area contributed by atoms with Gasteiger partial charge in [-0.2, -0.15) is 0 Å². The number of ketones is 1. The van der Waals surface area contributed by atoms with Crippen LogP contribution in [0.25, 0.3) is 0 Å². The molecule has 1 aromatic rings. The van der Waals surface area contributed by atoms with Crippen molar-refractivity contribution < 1.29 is 18.3 Å². The molecule has 1 aromatic carbocycles. The van der Waals surface area contributed by atoms with Gasteiger partial charge in [0.05, 0.1) is 6.61 Å². The number of halogens is 2. The third kappa shape index (κ3) is 7.12. The van der Waals surface area contributed by atoms with Crippen LogP contribution in [0.5, 0.6) is 0 Å². The van der Waals surface area contributed by atoms with Gasteiger partial charge in [-0.1, -0.05) is 34.6 Å². The van der Waals surface area contributed by atoms with E-state index in [1.165, 1.54) is 12.1 Å². The molecule has 0 bridgehead atoms. The van der Waals surface area contributed by atoms with Crippen molar-refractivity contribution in [1.29, 1.82) is 0 Å². The molecule has 0 N–H and O–H groups in total. The quantitative estimate of drug-likeness (QED) is 0.715. The SMILES string of the molecule is CC(C)CC(=O)C(CC(C)(C)C)OCc1cc(F)cc(F)c1. The summed E-state index contributed by atoms with van der Waals surface area (Å²) in [6.45, 7) is 10.1. The second kappa shape index (κ2) is 7.82. The van der Waals surface area contributed by atoms with Gasteiger partial charge in [-0.3, -0.25) is 4.79 Å². The number of rotatable bonds is 7. The molecule has 2 nitrogen and oxygen atoms in total. The van der Waals surface area contributed by atoms with Gasteiger partial charge in [0.15, 0.2) is 5.78 Å². The average molecular weight is 312 g/mol. The Balaban J connectivity index is 2.77. The summed E-state index contributed by atoms with van der Waals surface area (Å²) in [7, 11) is 0. The van der Waals surface area contributed by atoms with E-state index >= 15 is 0 Å². The van der Waals surface area contributed by atoms with Crippen LogP contribution in [0.4, 0.5) is 8.78 Å². The molecular formula is C18H26F2O2. The van der Waals surface area contributed by atoms with Crippen molar-refractivity contribution >= 4 is 5.78 Å². The van der Waals surface area contributed by atoms with Crippen LogP contribution in [0.15, 0.2) is 18.2 Å². The molecule has 0 fully saturated rings. The highest BCUT2D eigenvalue weighted by molar-refractivity contribution is 5.83. The summed E-state index contributed by atoms with van der Waals surface area (Å²) in [4.78, 5) is 12.3. The number of benzene rings is 1. The molecule has 0 saturated heterocycles. The molecule has 0 amide bonds. The van der Waals surface area contributed by atoms with Crippen LogP contribution in [0, 0.1) is 23.0 Å². The van der Waals surface area contributed by atoms with E-state index in [0.29, 0.717) is 18.4 Å². The molecule has 0 radical (unpaired) electrons. The molecule has 1 atom stereocenters. The fraction of sp³-hybridized carbons (Fsp3) is 0.611. The second-order valence-electron chi connectivity index (χ2n) is 7.41. The van der Waals surface area contributed by atoms with E-state index in [0.717, 1.165) is 6.07 Å². The van der Waals surface area contributed by atoms with Gasteiger partial charge >= 0.3 is 0 Å². The number of carbonyl (C=O) groups is 1. The third-order valence-electron chi connectivity index (χ3n) is 3.14. The predicted molar refractivity (Wildman–Crippen MR) is 83.5 cm³/mol. The molecule has 0 aromatic heterocycles. The van der Waals surface area contributed by atoms with E-state index in [2.05, 4.69) is 0 Å². The summed E-state index contributed by atoms with van der Waals surface area (Å²) in [5.41, 5.74) is 0.332. The lowest BCUT2D eigenvalue weighted by molar-refractivity contribution is -0.134. The molecule has 0 aliphatic rings. The lowest BCUT2D eigenvalue weighted by Gasteiger charge is -2.26.